The summed E-state index contributed by atoms with van der Waals surface area (Å²) in [7, 11) is 0. The molecule has 0 unspecified atom stereocenters. The molecule has 5 N–H and O–H groups in total. The van der Waals surface area contributed by atoms with Crippen molar-refractivity contribution in [3.8, 4) is 0 Å². The summed E-state index contributed by atoms with van der Waals surface area (Å²) in [6, 6.07) is -0.803. The van der Waals surface area contributed by atoms with Gasteiger partial charge in [0.25, 0.3) is 0 Å². The first-order valence-corrected chi connectivity index (χ1v) is 4.71. The molecule has 0 fully saturated rings. The molecule has 0 aromatic rings. The first kappa shape index (κ1) is 12.5. The predicted molar refractivity (Wildman–Crippen MR) is 53.9 cm³/mol. The van der Waals surface area contributed by atoms with E-state index < -0.39 is 6.03 Å². The molecule has 0 spiro atoms. The molecule has 0 radical (unpaired) electrons. The number of unbranched alkanes of at least 4 members (excludes halogenated alkanes) is 1. The maximum atomic E-state index is 11.0. The van der Waals surface area contributed by atoms with Crippen LogP contribution < -0.4 is 21.7 Å². The smallest absolute Gasteiger partial charge is 0.314 e. The lowest BCUT2D eigenvalue weighted by Crippen LogP contribution is -2.41. The zero-order valence-corrected chi connectivity index (χ0v) is 8.43. The van der Waals surface area contributed by atoms with Gasteiger partial charge in [-0.1, -0.05) is 13.3 Å². The van der Waals surface area contributed by atoms with E-state index in [-0.39, 0.29) is 6.03 Å². The summed E-state index contributed by atoms with van der Waals surface area (Å²) in [5.41, 5.74) is 4.83. The number of carbonyl (C=O) groups is 2. The minimum absolute atomic E-state index is 0.218. The van der Waals surface area contributed by atoms with Crippen LogP contribution in [0.2, 0.25) is 0 Å². The highest BCUT2D eigenvalue weighted by atomic mass is 16.2. The number of hydrogen-bond acceptors (Lipinski definition) is 2. The van der Waals surface area contributed by atoms with E-state index in [1.54, 1.807) is 0 Å². The van der Waals surface area contributed by atoms with Crippen LogP contribution >= 0.6 is 0 Å². The zero-order valence-electron chi connectivity index (χ0n) is 8.43. The Balaban J connectivity index is 3.22. The lowest BCUT2D eigenvalue weighted by Gasteiger charge is -2.06. The van der Waals surface area contributed by atoms with Crippen LogP contribution in [0.3, 0.4) is 0 Å². The van der Waals surface area contributed by atoms with Gasteiger partial charge in [-0.15, -0.1) is 0 Å². The summed E-state index contributed by atoms with van der Waals surface area (Å²) >= 11 is 0. The number of nitrogens with one attached hydrogen (secondary N) is 3. The molecule has 82 valence electrons. The second kappa shape index (κ2) is 8.15. The number of nitrogens with two attached hydrogens (primary N) is 1. The molecule has 0 aliphatic heterocycles. The van der Waals surface area contributed by atoms with E-state index >= 15 is 0 Å². The largest absolute Gasteiger partial charge is 0.352 e. The number of urea groups is 2. The van der Waals surface area contributed by atoms with Crippen LogP contribution in [0.15, 0.2) is 0 Å². The van der Waals surface area contributed by atoms with Crippen molar-refractivity contribution in [2.45, 2.75) is 19.8 Å². The molecule has 0 heterocycles. The highest BCUT2D eigenvalue weighted by Gasteiger charge is 1.97. The van der Waals surface area contributed by atoms with Gasteiger partial charge in [0.2, 0.25) is 0 Å². The molecule has 0 aliphatic carbocycles. The van der Waals surface area contributed by atoms with Gasteiger partial charge in [0.1, 0.15) is 0 Å². The van der Waals surface area contributed by atoms with E-state index in [4.69, 9.17) is 5.73 Å². The number of carbonyl (C=O) groups excluding carboxylic acids is 2. The van der Waals surface area contributed by atoms with Gasteiger partial charge in [-0.25, -0.2) is 9.59 Å². The molecule has 6 nitrogen and oxygen atoms in total. The van der Waals surface area contributed by atoms with E-state index in [1.165, 1.54) is 0 Å². The molecule has 0 aromatic heterocycles. The molecule has 0 aliphatic rings. The Kier molecular flexibility index (Phi) is 7.30. The van der Waals surface area contributed by atoms with Crippen molar-refractivity contribution in [2.75, 3.05) is 19.6 Å². The van der Waals surface area contributed by atoms with Crippen LogP contribution in [0.4, 0.5) is 9.59 Å². The van der Waals surface area contributed by atoms with Crippen LogP contribution in [0.1, 0.15) is 19.8 Å². The molecule has 4 amide bonds. The first-order valence-electron chi connectivity index (χ1n) is 4.71. The van der Waals surface area contributed by atoms with Crippen molar-refractivity contribution >= 4 is 12.1 Å². The Morgan fingerprint density at radius 2 is 1.64 bits per heavy atom. The Hall–Kier alpha value is -1.46. The molecule has 0 saturated carbocycles. The number of primary amides is 1. The topological polar surface area (TPSA) is 96.2 Å². The normalized spacial score (nSPS) is 9.21. The molecule has 0 saturated heterocycles. The van der Waals surface area contributed by atoms with Crippen molar-refractivity contribution in [1.29, 1.82) is 0 Å². The second-order valence-electron chi connectivity index (χ2n) is 2.83. The quantitative estimate of drug-likeness (QED) is 0.447. The van der Waals surface area contributed by atoms with Crippen LogP contribution in [-0.4, -0.2) is 31.7 Å². The van der Waals surface area contributed by atoms with Gasteiger partial charge >= 0.3 is 12.1 Å². The van der Waals surface area contributed by atoms with Gasteiger partial charge in [0.15, 0.2) is 0 Å². The summed E-state index contributed by atoms with van der Waals surface area (Å²) in [4.78, 5) is 21.2. The Labute approximate surface area is 83.6 Å². The summed E-state index contributed by atoms with van der Waals surface area (Å²) in [5.74, 6) is 0. The predicted octanol–water partition coefficient (Wildman–Crippen LogP) is -0.246. The van der Waals surface area contributed by atoms with E-state index in [0.29, 0.717) is 19.6 Å². The summed E-state index contributed by atoms with van der Waals surface area (Å²) < 4.78 is 0. The Morgan fingerprint density at radius 3 is 2.21 bits per heavy atom. The van der Waals surface area contributed by atoms with E-state index in [0.717, 1.165) is 12.8 Å². The average molecular weight is 202 g/mol. The zero-order chi connectivity index (χ0) is 10.8. The second-order valence-corrected chi connectivity index (χ2v) is 2.83. The molecule has 0 bridgehead atoms. The minimum atomic E-state index is -0.585. The maximum absolute atomic E-state index is 11.0. The standard InChI is InChI=1S/C8H18N4O2/c1-2-3-4-11-8(14)12-6-5-10-7(9)13/h2-6H2,1H3,(H3,9,10,13)(H2,11,12,14). The third-order valence-corrected chi connectivity index (χ3v) is 1.53. The van der Waals surface area contributed by atoms with Crippen molar-refractivity contribution in [2.24, 2.45) is 5.73 Å². The Morgan fingerprint density at radius 1 is 1.07 bits per heavy atom. The monoisotopic (exact) mass is 202 g/mol. The van der Waals surface area contributed by atoms with Crippen LogP contribution in [0.5, 0.6) is 0 Å². The highest BCUT2D eigenvalue weighted by Crippen LogP contribution is 1.81. The van der Waals surface area contributed by atoms with Crippen molar-refractivity contribution in [3.05, 3.63) is 0 Å². The third kappa shape index (κ3) is 8.63. The fourth-order valence-corrected chi connectivity index (χ4v) is 0.803. The summed E-state index contributed by atoms with van der Waals surface area (Å²) in [6.45, 7) is 3.44. The third-order valence-electron chi connectivity index (χ3n) is 1.53. The van der Waals surface area contributed by atoms with E-state index in [9.17, 15) is 9.59 Å². The van der Waals surface area contributed by atoms with E-state index in [2.05, 4.69) is 22.9 Å². The fourth-order valence-electron chi connectivity index (χ4n) is 0.803. The van der Waals surface area contributed by atoms with Crippen molar-refractivity contribution in [1.82, 2.24) is 16.0 Å². The fraction of sp³-hybridized carbons (Fsp3) is 0.750. The van der Waals surface area contributed by atoms with Crippen molar-refractivity contribution < 1.29 is 9.59 Å². The molecular weight excluding hydrogens is 184 g/mol. The minimum Gasteiger partial charge on any atom is -0.352 e. The number of hydrogen-bond donors (Lipinski definition) is 4. The van der Waals surface area contributed by atoms with Crippen molar-refractivity contribution in [3.63, 3.8) is 0 Å². The highest BCUT2D eigenvalue weighted by molar-refractivity contribution is 5.74. The van der Waals surface area contributed by atoms with Gasteiger partial charge < -0.3 is 21.7 Å². The van der Waals surface area contributed by atoms with E-state index in [1.807, 2.05) is 0 Å². The van der Waals surface area contributed by atoms with Crippen LogP contribution in [0.25, 0.3) is 0 Å². The lowest BCUT2D eigenvalue weighted by atomic mass is 10.3. The van der Waals surface area contributed by atoms with Gasteiger partial charge in [-0.2, -0.15) is 0 Å². The molecular formula is C8H18N4O2. The lowest BCUT2D eigenvalue weighted by molar-refractivity contribution is 0.239. The van der Waals surface area contributed by atoms with Gasteiger partial charge in [0, 0.05) is 19.6 Å². The summed E-state index contributed by atoms with van der Waals surface area (Å²) in [5, 5.41) is 7.62. The summed E-state index contributed by atoms with van der Waals surface area (Å²) in [6.07, 6.45) is 2.01. The van der Waals surface area contributed by atoms with Gasteiger partial charge in [0.05, 0.1) is 0 Å². The van der Waals surface area contributed by atoms with Gasteiger partial charge in [-0.3, -0.25) is 0 Å². The van der Waals surface area contributed by atoms with Gasteiger partial charge in [-0.05, 0) is 6.42 Å². The maximum Gasteiger partial charge on any atom is 0.314 e. The Bertz CT molecular complexity index is 184. The molecule has 0 rings (SSSR count). The number of amides is 4. The first-order chi connectivity index (χ1) is 6.66. The molecule has 14 heavy (non-hydrogen) atoms. The number of rotatable bonds is 6. The SMILES string of the molecule is CCCCNC(=O)NCCNC(N)=O. The molecule has 6 heteroatoms. The molecule has 0 aromatic carbocycles. The van der Waals surface area contributed by atoms with Crippen LogP contribution in [0, 0.1) is 0 Å². The molecule has 0 atom stereocenters. The average Bonchev–Trinajstić information content (AvgIpc) is 2.13. The van der Waals surface area contributed by atoms with Crippen LogP contribution in [-0.2, 0) is 0 Å².